The molecule has 94 valence electrons. The number of nitrogens with zero attached hydrogens (tertiary/aromatic N) is 2. The minimum absolute atomic E-state index is 0.215. The average molecular weight is 246 g/mol. The number of rotatable bonds is 5. The van der Waals surface area contributed by atoms with Crippen LogP contribution in [0.25, 0.3) is 0 Å². The van der Waals surface area contributed by atoms with E-state index in [1.54, 1.807) is 0 Å². The lowest BCUT2D eigenvalue weighted by molar-refractivity contribution is 0.247. The molecule has 1 aromatic heterocycles. The summed E-state index contributed by atoms with van der Waals surface area (Å²) in [7, 11) is 1.49. The van der Waals surface area contributed by atoms with Gasteiger partial charge in [0.15, 0.2) is 0 Å². The molecule has 0 aliphatic rings. The van der Waals surface area contributed by atoms with Crippen LogP contribution in [0.2, 0.25) is 0 Å². The van der Waals surface area contributed by atoms with Crippen molar-refractivity contribution < 1.29 is 14.6 Å². The molecule has 0 saturated carbocycles. The summed E-state index contributed by atoms with van der Waals surface area (Å²) in [5.41, 5.74) is 1.44. The summed E-state index contributed by atoms with van der Waals surface area (Å²) < 4.78 is 10.7. The van der Waals surface area contributed by atoms with E-state index in [-0.39, 0.29) is 6.61 Å². The number of ether oxygens (including phenoxy) is 2. The molecule has 1 aromatic carbocycles. The van der Waals surface area contributed by atoms with Crippen molar-refractivity contribution in [3.8, 4) is 11.6 Å². The fourth-order valence-corrected chi connectivity index (χ4v) is 1.54. The molecule has 0 aliphatic heterocycles. The third kappa shape index (κ3) is 2.75. The number of methoxy groups -OCH3 is 1. The Morgan fingerprint density at radius 3 is 2.61 bits per heavy atom. The highest BCUT2D eigenvalue weighted by molar-refractivity contribution is 5.37. The molecule has 0 spiro atoms. The molecular weight excluding hydrogens is 232 g/mol. The minimum atomic E-state index is -0.215. The predicted octanol–water partition coefficient (Wildman–Crippen LogP) is 1.56. The molecule has 2 aromatic rings. The lowest BCUT2D eigenvalue weighted by atomic mass is 10.2. The number of benzene rings is 1. The molecule has 1 N–H and O–H groups in total. The van der Waals surface area contributed by atoms with Gasteiger partial charge in [0.1, 0.15) is 18.6 Å². The van der Waals surface area contributed by atoms with E-state index in [0.717, 1.165) is 5.56 Å². The number of hydrogen-bond donors (Lipinski definition) is 1. The molecular formula is C13H14N2O3. The SMILES string of the molecule is COc1c(CO)ncnc1OCc1ccccc1. The third-order valence-corrected chi connectivity index (χ3v) is 2.42. The lowest BCUT2D eigenvalue weighted by Gasteiger charge is -2.11. The van der Waals surface area contributed by atoms with Crippen molar-refractivity contribution in [3.05, 3.63) is 47.9 Å². The molecule has 0 amide bonds. The van der Waals surface area contributed by atoms with Crippen LogP contribution < -0.4 is 9.47 Å². The van der Waals surface area contributed by atoms with Gasteiger partial charge in [-0.15, -0.1) is 0 Å². The van der Waals surface area contributed by atoms with Crippen LogP contribution in [0.15, 0.2) is 36.7 Å². The summed E-state index contributed by atoms with van der Waals surface area (Å²) in [4.78, 5) is 7.92. The van der Waals surface area contributed by atoms with Crippen molar-refractivity contribution in [1.82, 2.24) is 9.97 Å². The molecule has 0 radical (unpaired) electrons. The van der Waals surface area contributed by atoms with E-state index in [1.165, 1.54) is 13.4 Å². The van der Waals surface area contributed by atoms with Crippen molar-refractivity contribution in [2.45, 2.75) is 13.2 Å². The van der Waals surface area contributed by atoms with E-state index in [2.05, 4.69) is 9.97 Å². The Bertz CT molecular complexity index is 503. The summed E-state index contributed by atoms with van der Waals surface area (Å²) in [5.74, 6) is 0.705. The first-order valence-electron chi connectivity index (χ1n) is 5.50. The number of aromatic nitrogens is 2. The van der Waals surface area contributed by atoms with Gasteiger partial charge in [-0.2, -0.15) is 4.98 Å². The second-order valence-corrected chi connectivity index (χ2v) is 3.59. The van der Waals surface area contributed by atoms with Crippen molar-refractivity contribution >= 4 is 0 Å². The predicted molar refractivity (Wildman–Crippen MR) is 65.3 cm³/mol. The maximum absolute atomic E-state index is 9.13. The first kappa shape index (κ1) is 12.3. The molecule has 0 atom stereocenters. The largest absolute Gasteiger partial charge is 0.490 e. The van der Waals surface area contributed by atoms with Gasteiger partial charge in [-0.3, -0.25) is 0 Å². The quantitative estimate of drug-likeness (QED) is 0.867. The molecule has 0 aliphatic carbocycles. The van der Waals surface area contributed by atoms with Gasteiger partial charge in [0.05, 0.1) is 13.7 Å². The summed E-state index contributed by atoms with van der Waals surface area (Å²) in [6.07, 6.45) is 1.34. The van der Waals surface area contributed by atoms with Gasteiger partial charge in [0.25, 0.3) is 5.88 Å². The van der Waals surface area contributed by atoms with Gasteiger partial charge in [-0.05, 0) is 5.56 Å². The van der Waals surface area contributed by atoms with Gasteiger partial charge in [-0.1, -0.05) is 30.3 Å². The molecule has 2 rings (SSSR count). The van der Waals surface area contributed by atoms with Crippen LogP contribution in [0.5, 0.6) is 11.6 Å². The minimum Gasteiger partial charge on any atom is -0.490 e. The Labute approximate surface area is 105 Å². The molecule has 0 saturated heterocycles. The monoisotopic (exact) mass is 246 g/mol. The van der Waals surface area contributed by atoms with Crippen molar-refractivity contribution in [1.29, 1.82) is 0 Å². The number of aliphatic hydroxyl groups is 1. The molecule has 1 heterocycles. The molecule has 5 heteroatoms. The van der Waals surface area contributed by atoms with Crippen LogP contribution in [0.4, 0.5) is 0 Å². The van der Waals surface area contributed by atoms with Crippen molar-refractivity contribution in [3.63, 3.8) is 0 Å². The zero-order valence-corrected chi connectivity index (χ0v) is 10.0. The first-order valence-corrected chi connectivity index (χ1v) is 5.50. The summed E-state index contributed by atoms with van der Waals surface area (Å²) in [5, 5.41) is 9.13. The number of aliphatic hydroxyl groups excluding tert-OH is 1. The van der Waals surface area contributed by atoms with Crippen molar-refractivity contribution in [2.24, 2.45) is 0 Å². The smallest absolute Gasteiger partial charge is 0.260 e. The standard InChI is InChI=1S/C13H14N2O3/c1-17-12-11(7-16)14-9-15-13(12)18-8-10-5-3-2-4-6-10/h2-6,9,16H,7-8H2,1H3. The number of hydrogen-bond acceptors (Lipinski definition) is 5. The van der Waals surface area contributed by atoms with Crippen LogP contribution in [0.1, 0.15) is 11.3 Å². The van der Waals surface area contributed by atoms with Crippen LogP contribution >= 0.6 is 0 Å². The molecule has 5 nitrogen and oxygen atoms in total. The fraction of sp³-hybridized carbons (Fsp3) is 0.231. The van der Waals surface area contributed by atoms with Crippen molar-refractivity contribution in [2.75, 3.05) is 7.11 Å². The van der Waals surface area contributed by atoms with Gasteiger partial charge in [-0.25, -0.2) is 4.98 Å². The van der Waals surface area contributed by atoms with E-state index < -0.39 is 0 Å². The summed E-state index contributed by atoms with van der Waals surface area (Å²) in [6, 6.07) is 9.74. The second kappa shape index (κ2) is 5.97. The normalized spacial score (nSPS) is 10.1. The third-order valence-electron chi connectivity index (χ3n) is 2.42. The maximum Gasteiger partial charge on any atom is 0.260 e. The average Bonchev–Trinajstić information content (AvgIpc) is 2.45. The van der Waals surface area contributed by atoms with Crippen LogP contribution in [0.3, 0.4) is 0 Å². The van der Waals surface area contributed by atoms with Crippen LogP contribution in [0, 0.1) is 0 Å². The van der Waals surface area contributed by atoms with Gasteiger partial charge < -0.3 is 14.6 Å². The van der Waals surface area contributed by atoms with Crippen LogP contribution in [-0.2, 0) is 13.2 Å². The first-order chi connectivity index (χ1) is 8.85. The highest BCUT2D eigenvalue weighted by Gasteiger charge is 2.12. The summed E-state index contributed by atoms with van der Waals surface area (Å²) in [6.45, 7) is 0.173. The van der Waals surface area contributed by atoms with Crippen LogP contribution in [-0.4, -0.2) is 22.2 Å². The molecule has 0 fully saturated rings. The van der Waals surface area contributed by atoms with E-state index in [1.807, 2.05) is 30.3 Å². The highest BCUT2D eigenvalue weighted by atomic mass is 16.5. The topological polar surface area (TPSA) is 64.5 Å². The Morgan fingerprint density at radius 2 is 1.94 bits per heavy atom. The Hall–Kier alpha value is -2.14. The Kier molecular flexibility index (Phi) is 4.09. The van der Waals surface area contributed by atoms with Gasteiger partial charge in [0, 0.05) is 0 Å². The highest BCUT2D eigenvalue weighted by Crippen LogP contribution is 2.27. The van der Waals surface area contributed by atoms with Gasteiger partial charge in [0.2, 0.25) is 5.75 Å². The zero-order valence-electron chi connectivity index (χ0n) is 10.0. The molecule has 0 bridgehead atoms. The zero-order chi connectivity index (χ0) is 12.8. The van der Waals surface area contributed by atoms with E-state index in [4.69, 9.17) is 14.6 Å². The van der Waals surface area contributed by atoms with Gasteiger partial charge >= 0.3 is 0 Å². The van der Waals surface area contributed by atoms with E-state index in [9.17, 15) is 0 Å². The molecule has 18 heavy (non-hydrogen) atoms. The second-order valence-electron chi connectivity index (χ2n) is 3.59. The Morgan fingerprint density at radius 1 is 1.17 bits per heavy atom. The van der Waals surface area contributed by atoms with E-state index in [0.29, 0.717) is 23.9 Å². The molecule has 0 unspecified atom stereocenters. The fourth-order valence-electron chi connectivity index (χ4n) is 1.54. The summed E-state index contributed by atoms with van der Waals surface area (Å²) >= 11 is 0. The maximum atomic E-state index is 9.13. The Balaban J connectivity index is 2.14. The van der Waals surface area contributed by atoms with E-state index >= 15 is 0 Å². The lowest BCUT2D eigenvalue weighted by Crippen LogP contribution is -2.03.